The average Bonchev–Trinajstić information content (AvgIpc) is 3.53. The molecule has 14 heteroatoms. The Morgan fingerprint density at radius 1 is 1.25 bits per heavy atom. The predicted molar refractivity (Wildman–Crippen MR) is 148 cm³/mol. The zero-order valence-corrected chi connectivity index (χ0v) is 25.5. The van der Waals surface area contributed by atoms with Crippen LogP contribution in [0.5, 0.6) is 0 Å². The minimum absolute atomic E-state index is 0.0281. The van der Waals surface area contributed by atoms with Gasteiger partial charge in [-0.2, -0.15) is 0 Å². The number of piperazine rings is 1. The van der Waals surface area contributed by atoms with Crippen LogP contribution in [0.3, 0.4) is 0 Å². The first-order valence-corrected chi connectivity index (χ1v) is 15.9. The third kappa shape index (κ3) is 5.30. The van der Waals surface area contributed by atoms with Crippen molar-refractivity contribution in [3.63, 3.8) is 0 Å². The van der Waals surface area contributed by atoms with Crippen LogP contribution in [-0.4, -0.2) is 103 Å². The number of imidazole rings is 1. The quantitative estimate of drug-likeness (QED) is 0.280. The Kier molecular flexibility index (Phi) is 7.45. The molecule has 5 heterocycles. The Balaban J connectivity index is 1.38. The zero-order chi connectivity index (χ0) is 28.2. The Morgan fingerprint density at radius 3 is 2.55 bits per heavy atom. The van der Waals surface area contributed by atoms with E-state index < -0.39 is 26.5 Å². The summed E-state index contributed by atoms with van der Waals surface area (Å²) in [5, 5.41) is 8.05. The summed E-state index contributed by atoms with van der Waals surface area (Å²) < 4.78 is 43.8. The topological polar surface area (TPSA) is 97.1 Å². The Hall–Kier alpha value is -2.09. The number of nitrogens with one attached hydrogen (secondary N) is 1. The van der Waals surface area contributed by atoms with E-state index >= 15 is 0 Å². The summed E-state index contributed by atoms with van der Waals surface area (Å²) in [7, 11) is 1.55. The fourth-order valence-corrected chi connectivity index (χ4v) is 7.33. The second kappa shape index (κ2) is 10.6. The summed E-state index contributed by atoms with van der Waals surface area (Å²) in [6.07, 6.45) is 1.45. The van der Waals surface area contributed by atoms with E-state index in [-0.39, 0.29) is 16.0 Å². The molecule has 2 saturated heterocycles. The van der Waals surface area contributed by atoms with Crippen molar-refractivity contribution in [3.8, 4) is 10.3 Å². The van der Waals surface area contributed by atoms with Crippen molar-refractivity contribution in [2.45, 2.75) is 62.0 Å². The van der Waals surface area contributed by atoms with Gasteiger partial charge in [0, 0.05) is 7.11 Å². The van der Waals surface area contributed by atoms with E-state index in [4.69, 9.17) is 14.5 Å². The van der Waals surface area contributed by atoms with Gasteiger partial charge in [0.05, 0.1) is 0 Å². The van der Waals surface area contributed by atoms with E-state index in [0.717, 1.165) is 40.5 Å². The molecule has 1 N–H and O–H groups in total. The molecule has 6 rings (SSSR count). The van der Waals surface area contributed by atoms with Gasteiger partial charge in [0.15, 0.2) is 0 Å². The molecule has 3 fully saturated rings. The summed E-state index contributed by atoms with van der Waals surface area (Å²) in [6, 6.07) is 2.13. The molecular weight excluding hydrogens is 607 g/mol. The maximum absolute atomic E-state index is 13.5. The van der Waals surface area contributed by atoms with Crippen molar-refractivity contribution >= 4 is 43.7 Å². The van der Waals surface area contributed by atoms with Crippen LogP contribution >= 0.6 is 11.9 Å². The molecule has 0 aromatic carbocycles. The SMILES string of the molecule is COC(C)(C)C(=O)N1CCN(c2cc(SNC3(C)COC3)cn3c(-c4nnc(C(F)F)[se]4)c(C4CC4)nc23)CC1. The molecule has 0 bridgehead atoms. The fraction of sp³-hybridized carbons (Fsp3) is 0.615. The third-order valence-corrected chi connectivity index (χ3v) is 10.7. The third-order valence-electron chi connectivity index (χ3n) is 7.69. The van der Waals surface area contributed by atoms with Crippen LogP contribution in [0.2, 0.25) is 0 Å². The van der Waals surface area contributed by atoms with Gasteiger partial charge in [-0.25, -0.2) is 0 Å². The molecule has 216 valence electrons. The summed E-state index contributed by atoms with van der Waals surface area (Å²) in [6.45, 7) is 9.37. The van der Waals surface area contributed by atoms with Gasteiger partial charge in [-0.15, -0.1) is 0 Å². The molecule has 3 aromatic rings. The van der Waals surface area contributed by atoms with E-state index in [1.165, 1.54) is 11.9 Å². The first kappa shape index (κ1) is 28.0. The number of hydrogen-bond donors (Lipinski definition) is 1. The van der Waals surface area contributed by atoms with Gasteiger partial charge < -0.3 is 0 Å². The Morgan fingerprint density at radius 2 is 1.98 bits per heavy atom. The summed E-state index contributed by atoms with van der Waals surface area (Å²) in [5.74, 6) is 0.266. The van der Waals surface area contributed by atoms with Gasteiger partial charge in [-0.1, -0.05) is 0 Å². The van der Waals surface area contributed by atoms with Crippen LogP contribution in [0.4, 0.5) is 14.5 Å². The molecule has 0 atom stereocenters. The van der Waals surface area contributed by atoms with Crippen molar-refractivity contribution in [1.82, 2.24) is 29.2 Å². The number of methoxy groups -OCH3 is 1. The van der Waals surface area contributed by atoms with E-state index in [1.54, 1.807) is 21.0 Å². The molecule has 1 saturated carbocycles. The van der Waals surface area contributed by atoms with Gasteiger partial charge in [-0.05, 0) is 0 Å². The number of ether oxygens (including phenoxy) is 2. The van der Waals surface area contributed by atoms with Crippen molar-refractivity contribution in [2.24, 2.45) is 0 Å². The van der Waals surface area contributed by atoms with Gasteiger partial charge in [0.2, 0.25) is 0 Å². The van der Waals surface area contributed by atoms with E-state index in [2.05, 4.69) is 32.8 Å². The molecule has 0 radical (unpaired) electrons. The minimum atomic E-state index is -2.61. The average molecular weight is 641 g/mol. The molecule has 3 aliphatic rings. The maximum atomic E-state index is 13.5. The zero-order valence-electron chi connectivity index (χ0n) is 22.9. The first-order chi connectivity index (χ1) is 19.1. The number of alkyl halides is 2. The number of anilines is 1. The molecule has 0 unspecified atom stereocenters. The van der Waals surface area contributed by atoms with Crippen LogP contribution < -0.4 is 9.62 Å². The van der Waals surface area contributed by atoms with Gasteiger partial charge in [-0.3, -0.25) is 0 Å². The van der Waals surface area contributed by atoms with Gasteiger partial charge in [0.25, 0.3) is 0 Å². The second-order valence-corrected chi connectivity index (χ2v) is 14.4. The molecule has 2 aliphatic heterocycles. The molecular formula is C26H33F2N7O3SSe. The van der Waals surface area contributed by atoms with E-state index in [0.29, 0.717) is 49.9 Å². The van der Waals surface area contributed by atoms with Crippen molar-refractivity contribution in [3.05, 3.63) is 22.5 Å². The van der Waals surface area contributed by atoms with Crippen LogP contribution in [0, 0.1) is 0 Å². The normalized spacial score (nSPS) is 19.5. The monoisotopic (exact) mass is 641 g/mol. The number of carbonyl (C=O) groups excluding carboxylic acids is 1. The van der Waals surface area contributed by atoms with Crippen LogP contribution in [-0.2, 0) is 14.3 Å². The van der Waals surface area contributed by atoms with Crippen LogP contribution in [0.15, 0.2) is 17.2 Å². The number of pyridine rings is 1. The number of carbonyl (C=O) groups is 1. The number of hydrogen-bond acceptors (Lipinski definition) is 9. The summed E-state index contributed by atoms with van der Waals surface area (Å²) in [5.41, 5.74) is 2.45. The number of aromatic nitrogens is 4. The van der Waals surface area contributed by atoms with Gasteiger partial charge >= 0.3 is 235 Å². The molecule has 1 aliphatic carbocycles. The first-order valence-electron chi connectivity index (χ1n) is 13.4. The molecule has 10 nitrogen and oxygen atoms in total. The second-order valence-electron chi connectivity index (χ2n) is 11.4. The Bertz CT molecular complexity index is 1410. The van der Waals surface area contributed by atoms with Gasteiger partial charge in [0.1, 0.15) is 0 Å². The predicted octanol–water partition coefficient (Wildman–Crippen LogP) is 3.12. The van der Waals surface area contributed by atoms with Crippen LogP contribution in [0.25, 0.3) is 15.9 Å². The number of nitrogens with zero attached hydrogens (tertiary/aromatic N) is 6. The summed E-state index contributed by atoms with van der Waals surface area (Å²) in [4.78, 5) is 23.2. The summed E-state index contributed by atoms with van der Waals surface area (Å²) >= 11 is 0.868. The number of halogens is 2. The van der Waals surface area contributed by atoms with E-state index in [9.17, 15) is 13.6 Å². The molecule has 3 aromatic heterocycles. The molecule has 0 spiro atoms. The van der Waals surface area contributed by atoms with Crippen molar-refractivity contribution in [1.29, 1.82) is 0 Å². The number of fused-ring (bicyclic) bond motifs is 1. The van der Waals surface area contributed by atoms with Crippen molar-refractivity contribution < 1.29 is 23.0 Å². The molecule has 1 amide bonds. The number of rotatable bonds is 9. The molecule has 40 heavy (non-hydrogen) atoms. The number of amides is 1. The van der Waals surface area contributed by atoms with E-state index in [1.807, 2.05) is 15.5 Å². The Labute approximate surface area is 241 Å². The van der Waals surface area contributed by atoms with Crippen molar-refractivity contribution in [2.75, 3.05) is 51.4 Å². The fourth-order valence-electron chi connectivity index (χ4n) is 4.95. The standard InChI is InChI=1S/C26H33F2N7O3SSe/c1-25(2,37-4)24(36)34-9-7-33(8-10-34)17-11-16(39-32-26(3)13-38-14-26)12-35-19(18(15-5-6-15)29-21(17)35)22-30-31-23(40-22)20(27)28/h11-12,15,20,32H,5-10,13-14H2,1-4H3. The van der Waals surface area contributed by atoms with Crippen LogP contribution in [0.1, 0.15) is 56.2 Å².